The molecule has 2 rings (SSSR count). The Morgan fingerprint density at radius 2 is 1.94 bits per heavy atom. The van der Waals surface area contributed by atoms with Gasteiger partial charge in [0.2, 0.25) is 0 Å². The summed E-state index contributed by atoms with van der Waals surface area (Å²) >= 11 is 7.76. The molecule has 0 radical (unpaired) electrons. The van der Waals surface area contributed by atoms with Crippen LogP contribution in [0.15, 0.2) is 29.0 Å². The fraction of sp³-hybridized carbons (Fsp3) is 0.167. The van der Waals surface area contributed by atoms with Crippen molar-refractivity contribution in [3.8, 4) is 0 Å². The normalized spacial score (nSPS) is 12.8. The maximum atomic E-state index is 13.1. The van der Waals surface area contributed by atoms with Crippen LogP contribution >= 0.6 is 22.9 Å². The molecule has 0 bridgehead atoms. The molecule has 1 aromatic heterocycles. The molecular weight excluding hydrogens is 250 g/mol. The summed E-state index contributed by atoms with van der Waals surface area (Å²) in [6, 6.07) is 3.75. The summed E-state index contributed by atoms with van der Waals surface area (Å²) in [6.45, 7) is 1.95. The molecule has 0 aliphatic rings. The number of alkyl halides is 1. The number of halogens is 3. The summed E-state index contributed by atoms with van der Waals surface area (Å²) in [7, 11) is 0. The largest absolute Gasteiger partial charge is 0.204 e. The molecule has 0 fully saturated rings. The molecule has 0 aliphatic heterocycles. The standard InChI is InChI=1S/C12H9ClF2S/c1-7-5-16-6-9(7)12(13)8-2-3-10(14)11(15)4-8/h2-6,12H,1H3. The molecule has 0 saturated heterocycles. The van der Waals surface area contributed by atoms with Gasteiger partial charge >= 0.3 is 0 Å². The van der Waals surface area contributed by atoms with Crippen LogP contribution in [0.2, 0.25) is 0 Å². The molecule has 0 spiro atoms. The SMILES string of the molecule is Cc1cscc1C(Cl)c1ccc(F)c(F)c1. The van der Waals surface area contributed by atoms with E-state index < -0.39 is 17.0 Å². The van der Waals surface area contributed by atoms with Gasteiger partial charge in [0.25, 0.3) is 0 Å². The van der Waals surface area contributed by atoms with Crippen LogP contribution in [0.5, 0.6) is 0 Å². The number of hydrogen-bond donors (Lipinski definition) is 0. The highest BCUT2D eigenvalue weighted by molar-refractivity contribution is 7.08. The molecule has 0 amide bonds. The fourth-order valence-corrected chi connectivity index (χ4v) is 2.80. The number of benzene rings is 1. The quantitative estimate of drug-likeness (QED) is 0.687. The summed E-state index contributed by atoms with van der Waals surface area (Å²) in [5.74, 6) is -1.72. The molecule has 0 saturated carbocycles. The number of aryl methyl sites for hydroxylation is 1. The Kier molecular flexibility index (Phi) is 3.26. The highest BCUT2D eigenvalue weighted by atomic mass is 35.5. The van der Waals surface area contributed by atoms with Gasteiger partial charge in [-0.05, 0) is 46.5 Å². The van der Waals surface area contributed by atoms with E-state index in [2.05, 4.69) is 0 Å². The zero-order valence-corrected chi connectivity index (χ0v) is 10.1. The Hall–Kier alpha value is -0.930. The molecule has 0 N–H and O–H groups in total. The first-order valence-corrected chi connectivity index (χ1v) is 6.09. The second kappa shape index (κ2) is 4.52. The van der Waals surface area contributed by atoms with Gasteiger partial charge in [0.1, 0.15) is 0 Å². The van der Waals surface area contributed by atoms with Crippen LogP contribution in [0.4, 0.5) is 8.78 Å². The van der Waals surface area contributed by atoms with Crippen molar-refractivity contribution in [3.05, 3.63) is 57.3 Å². The first-order chi connectivity index (χ1) is 7.59. The average Bonchev–Trinajstić information content (AvgIpc) is 2.67. The van der Waals surface area contributed by atoms with E-state index in [0.29, 0.717) is 5.56 Å². The lowest BCUT2D eigenvalue weighted by molar-refractivity contribution is 0.507. The van der Waals surface area contributed by atoms with E-state index in [1.165, 1.54) is 6.07 Å². The molecule has 1 unspecified atom stereocenters. The van der Waals surface area contributed by atoms with Crippen LogP contribution in [0.3, 0.4) is 0 Å². The monoisotopic (exact) mass is 258 g/mol. The molecule has 1 heterocycles. The van der Waals surface area contributed by atoms with Gasteiger partial charge in [-0.15, -0.1) is 11.6 Å². The Morgan fingerprint density at radius 3 is 2.50 bits per heavy atom. The molecular formula is C12H9ClF2S. The average molecular weight is 259 g/mol. The van der Waals surface area contributed by atoms with Gasteiger partial charge in [-0.3, -0.25) is 0 Å². The lowest BCUT2D eigenvalue weighted by atomic mass is 10.0. The van der Waals surface area contributed by atoms with Crippen molar-refractivity contribution in [1.82, 2.24) is 0 Å². The topological polar surface area (TPSA) is 0 Å². The van der Waals surface area contributed by atoms with Gasteiger partial charge in [-0.25, -0.2) is 8.78 Å². The maximum Gasteiger partial charge on any atom is 0.159 e. The Morgan fingerprint density at radius 1 is 1.19 bits per heavy atom. The second-order valence-electron chi connectivity index (χ2n) is 3.55. The maximum absolute atomic E-state index is 13.1. The molecule has 16 heavy (non-hydrogen) atoms. The summed E-state index contributed by atoms with van der Waals surface area (Å²) in [5.41, 5.74) is 2.58. The minimum absolute atomic E-state index is 0.429. The van der Waals surface area contributed by atoms with Crippen molar-refractivity contribution in [3.63, 3.8) is 0 Å². The van der Waals surface area contributed by atoms with Crippen LogP contribution in [0, 0.1) is 18.6 Å². The summed E-state index contributed by atoms with van der Waals surface area (Å²) in [4.78, 5) is 0. The minimum atomic E-state index is -0.865. The van der Waals surface area contributed by atoms with Crippen molar-refractivity contribution in [2.45, 2.75) is 12.3 Å². The minimum Gasteiger partial charge on any atom is -0.204 e. The summed E-state index contributed by atoms with van der Waals surface area (Å²) in [5, 5.41) is 3.47. The molecule has 0 aliphatic carbocycles. The van der Waals surface area contributed by atoms with Gasteiger partial charge in [0.05, 0.1) is 5.38 Å². The van der Waals surface area contributed by atoms with E-state index >= 15 is 0 Å². The van der Waals surface area contributed by atoms with Crippen LogP contribution < -0.4 is 0 Å². The molecule has 0 nitrogen and oxygen atoms in total. The van der Waals surface area contributed by atoms with Crippen molar-refractivity contribution < 1.29 is 8.78 Å². The third-order valence-electron chi connectivity index (χ3n) is 2.40. The molecule has 1 atom stereocenters. The van der Waals surface area contributed by atoms with Crippen LogP contribution in [-0.4, -0.2) is 0 Å². The number of thiophene rings is 1. The first kappa shape index (κ1) is 11.6. The van der Waals surface area contributed by atoms with E-state index in [1.54, 1.807) is 11.3 Å². The number of hydrogen-bond acceptors (Lipinski definition) is 1. The third kappa shape index (κ3) is 2.11. The molecule has 1 aromatic carbocycles. The van der Waals surface area contributed by atoms with Gasteiger partial charge in [0.15, 0.2) is 11.6 Å². The van der Waals surface area contributed by atoms with Crippen molar-refractivity contribution >= 4 is 22.9 Å². The Bertz CT molecular complexity index is 507. The van der Waals surface area contributed by atoms with E-state index in [1.807, 2.05) is 17.7 Å². The lowest BCUT2D eigenvalue weighted by Crippen LogP contribution is -1.95. The van der Waals surface area contributed by atoms with Crippen molar-refractivity contribution in [2.24, 2.45) is 0 Å². The number of rotatable bonds is 2. The highest BCUT2D eigenvalue weighted by Gasteiger charge is 2.15. The van der Waals surface area contributed by atoms with Crippen LogP contribution in [0.1, 0.15) is 22.1 Å². The van der Waals surface area contributed by atoms with E-state index in [4.69, 9.17) is 11.6 Å². The Labute approximate surface area is 101 Å². The van der Waals surface area contributed by atoms with Gasteiger partial charge in [0, 0.05) is 0 Å². The van der Waals surface area contributed by atoms with Crippen LogP contribution in [0.25, 0.3) is 0 Å². The predicted molar refractivity (Wildman–Crippen MR) is 63.1 cm³/mol. The van der Waals surface area contributed by atoms with Gasteiger partial charge in [-0.1, -0.05) is 6.07 Å². The van der Waals surface area contributed by atoms with Crippen molar-refractivity contribution in [2.75, 3.05) is 0 Å². The second-order valence-corrected chi connectivity index (χ2v) is 4.73. The summed E-state index contributed by atoms with van der Waals surface area (Å²) < 4.78 is 25.8. The van der Waals surface area contributed by atoms with E-state index in [0.717, 1.165) is 23.3 Å². The molecule has 4 heteroatoms. The van der Waals surface area contributed by atoms with E-state index in [-0.39, 0.29) is 0 Å². The smallest absolute Gasteiger partial charge is 0.159 e. The Balaban J connectivity index is 2.38. The zero-order valence-electron chi connectivity index (χ0n) is 8.51. The van der Waals surface area contributed by atoms with Gasteiger partial charge in [-0.2, -0.15) is 11.3 Å². The van der Waals surface area contributed by atoms with Gasteiger partial charge < -0.3 is 0 Å². The fourth-order valence-electron chi connectivity index (χ4n) is 1.48. The molecule has 2 aromatic rings. The third-order valence-corrected chi connectivity index (χ3v) is 3.77. The zero-order chi connectivity index (χ0) is 11.7. The van der Waals surface area contributed by atoms with Crippen LogP contribution in [-0.2, 0) is 0 Å². The van der Waals surface area contributed by atoms with E-state index in [9.17, 15) is 8.78 Å². The molecule has 84 valence electrons. The predicted octanol–water partition coefficient (Wildman–Crippen LogP) is 4.66. The summed E-state index contributed by atoms with van der Waals surface area (Å²) in [6.07, 6.45) is 0. The van der Waals surface area contributed by atoms with Crippen molar-refractivity contribution in [1.29, 1.82) is 0 Å². The first-order valence-electron chi connectivity index (χ1n) is 4.71. The lowest BCUT2D eigenvalue weighted by Gasteiger charge is -2.10. The highest BCUT2D eigenvalue weighted by Crippen LogP contribution is 2.33.